The first kappa shape index (κ1) is 17.9. The second-order valence-corrected chi connectivity index (χ2v) is 7.80. The van der Waals surface area contributed by atoms with E-state index in [0.717, 1.165) is 25.1 Å². The smallest absolute Gasteiger partial charge is 0.0778 e. The molecule has 0 saturated heterocycles. The Balaban J connectivity index is 1.79. The molecular weight excluding hydrogens is 385 g/mol. The van der Waals surface area contributed by atoms with Crippen LogP contribution < -0.4 is 0 Å². The third kappa shape index (κ3) is 3.50. The van der Waals surface area contributed by atoms with Crippen LogP contribution in [0, 0.1) is 0 Å². The molecule has 1 heterocycles. The average molecular weight is 403 g/mol. The minimum absolute atomic E-state index is 0.104. The molecule has 0 bridgehead atoms. The number of fused-ring (bicyclic) bond motifs is 1. The second-order valence-electron chi connectivity index (χ2n) is 6.61. The monoisotopic (exact) mass is 401 g/mol. The summed E-state index contributed by atoms with van der Waals surface area (Å²) in [6.07, 6.45) is 1.04. The number of hydrogen-bond donors (Lipinski definition) is 0. The highest BCUT2D eigenvalue weighted by atomic mass is 35.5. The second kappa shape index (κ2) is 7.62. The molecule has 1 nitrogen and oxygen atoms in total. The Labute approximate surface area is 169 Å². The summed E-state index contributed by atoms with van der Waals surface area (Å²) in [5.41, 5.74) is 5.06. The van der Waals surface area contributed by atoms with Crippen molar-refractivity contribution in [2.75, 3.05) is 6.54 Å². The lowest BCUT2D eigenvalue weighted by Gasteiger charge is -2.38. The van der Waals surface area contributed by atoms with Crippen LogP contribution in [0.25, 0.3) is 0 Å². The van der Waals surface area contributed by atoms with E-state index in [4.69, 9.17) is 34.8 Å². The van der Waals surface area contributed by atoms with Crippen LogP contribution in [0.5, 0.6) is 0 Å². The summed E-state index contributed by atoms with van der Waals surface area (Å²) >= 11 is 18.9. The normalized spacial score (nSPS) is 17.1. The van der Waals surface area contributed by atoms with Gasteiger partial charge in [0, 0.05) is 13.1 Å². The molecule has 132 valence electrons. The number of rotatable bonds is 3. The van der Waals surface area contributed by atoms with Gasteiger partial charge in [0.2, 0.25) is 0 Å². The Morgan fingerprint density at radius 2 is 1.50 bits per heavy atom. The molecule has 4 rings (SSSR count). The van der Waals surface area contributed by atoms with E-state index in [0.29, 0.717) is 15.1 Å². The summed E-state index contributed by atoms with van der Waals surface area (Å²) in [7, 11) is 0. The number of hydrogen-bond acceptors (Lipinski definition) is 1. The zero-order chi connectivity index (χ0) is 18.1. The van der Waals surface area contributed by atoms with Gasteiger partial charge < -0.3 is 0 Å². The fraction of sp³-hybridized carbons (Fsp3) is 0.182. The highest BCUT2D eigenvalue weighted by molar-refractivity contribution is 6.48. The van der Waals surface area contributed by atoms with Gasteiger partial charge in [-0.3, -0.25) is 4.90 Å². The van der Waals surface area contributed by atoms with E-state index in [9.17, 15) is 0 Å². The van der Waals surface area contributed by atoms with E-state index in [1.54, 1.807) is 0 Å². The van der Waals surface area contributed by atoms with Gasteiger partial charge in [0.05, 0.1) is 21.1 Å². The van der Waals surface area contributed by atoms with Crippen molar-refractivity contribution in [3.05, 3.63) is 104 Å². The maximum Gasteiger partial charge on any atom is 0.0778 e. The van der Waals surface area contributed by atoms with Crippen LogP contribution in [0.1, 0.15) is 28.3 Å². The molecular formula is C22H18Cl3N. The predicted octanol–water partition coefficient (Wildman–Crippen LogP) is 6.79. The van der Waals surface area contributed by atoms with E-state index in [1.807, 2.05) is 18.2 Å². The Kier molecular flexibility index (Phi) is 5.24. The van der Waals surface area contributed by atoms with Crippen LogP contribution in [0.2, 0.25) is 15.1 Å². The molecule has 1 atom stereocenters. The molecule has 0 spiro atoms. The predicted molar refractivity (Wildman–Crippen MR) is 110 cm³/mol. The topological polar surface area (TPSA) is 3.24 Å². The third-order valence-electron chi connectivity index (χ3n) is 4.93. The van der Waals surface area contributed by atoms with E-state index in [-0.39, 0.29) is 6.04 Å². The van der Waals surface area contributed by atoms with Crippen molar-refractivity contribution in [2.45, 2.75) is 19.0 Å². The zero-order valence-corrected chi connectivity index (χ0v) is 16.4. The minimum Gasteiger partial charge on any atom is -0.288 e. The highest BCUT2D eigenvalue weighted by Gasteiger charge is 2.29. The SMILES string of the molecule is Clc1cc(C2c3ccccc3CCN2Cc2ccccc2)cc(Cl)c1Cl. The lowest BCUT2D eigenvalue weighted by Crippen LogP contribution is -2.35. The van der Waals surface area contributed by atoms with Crippen LogP contribution >= 0.6 is 34.8 Å². The summed E-state index contributed by atoms with van der Waals surface area (Å²) in [5.74, 6) is 0. The molecule has 1 aliphatic heterocycles. The summed E-state index contributed by atoms with van der Waals surface area (Å²) < 4.78 is 0. The van der Waals surface area contributed by atoms with E-state index >= 15 is 0 Å². The van der Waals surface area contributed by atoms with Gasteiger partial charge in [0.25, 0.3) is 0 Å². The van der Waals surface area contributed by atoms with Gasteiger partial charge in [-0.2, -0.15) is 0 Å². The standard InChI is InChI=1S/C22H18Cl3N/c23-19-12-17(13-20(24)21(19)25)22-18-9-5-4-8-16(18)10-11-26(22)14-15-6-2-1-3-7-15/h1-9,12-13,22H,10-11,14H2. The molecule has 0 saturated carbocycles. The van der Waals surface area contributed by atoms with Gasteiger partial charge in [-0.05, 0) is 40.8 Å². The van der Waals surface area contributed by atoms with Crippen molar-refractivity contribution in [1.29, 1.82) is 0 Å². The molecule has 26 heavy (non-hydrogen) atoms. The average Bonchev–Trinajstić information content (AvgIpc) is 2.66. The Bertz CT molecular complexity index is 901. The van der Waals surface area contributed by atoms with E-state index in [2.05, 4.69) is 53.4 Å². The molecule has 0 aromatic heterocycles. The maximum absolute atomic E-state index is 6.34. The Morgan fingerprint density at radius 3 is 2.23 bits per heavy atom. The van der Waals surface area contributed by atoms with Crippen molar-refractivity contribution in [3.63, 3.8) is 0 Å². The number of benzene rings is 3. The molecule has 0 fully saturated rings. The van der Waals surface area contributed by atoms with Crippen LogP contribution in [0.4, 0.5) is 0 Å². The fourth-order valence-corrected chi connectivity index (χ4v) is 4.34. The summed E-state index contributed by atoms with van der Waals surface area (Å²) in [5, 5.41) is 1.41. The van der Waals surface area contributed by atoms with Crippen molar-refractivity contribution < 1.29 is 0 Å². The molecule has 0 radical (unpaired) electrons. The Morgan fingerprint density at radius 1 is 0.846 bits per heavy atom. The molecule has 0 amide bonds. The Hall–Kier alpha value is -1.51. The molecule has 1 aliphatic rings. The molecule has 3 aromatic carbocycles. The summed E-state index contributed by atoms with van der Waals surface area (Å²) in [4.78, 5) is 2.48. The van der Waals surface area contributed by atoms with Crippen LogP contribution in [0.15, 0.2) is 66.7 Å². The van der Waals surface area contributed by atoms with E-state index in [1.165, 1.54) is 16.7 Å². The third-order valence-corrected chi connectivity index (χ3v) is 6.13. The van der Waals surface area contributed by atoms with Crippen LogP contribution in [-0.4, -0.2) is 11.4 Å². The molecule has 0 N–H and O–H groups in total. The van der Waals surface area contributed by atoms with Crippen molar-refractivity contribution in [3.8, 4) is 0 Å². The van der Waals surface area contributed by atoms with Crippen LogP contribution in [0.3, 0.4) is 0 Å². The van der Waals surface area contributed by atoms with Gasteiger partial charge in [0.1, 0.15) is 0 Å². The summed E-state index contributed by atoms with van der Waals surface area (Å²) in [6.45, 7) is 1.85. The van der Waals surface area contributed by atoms with Crippen molar-refractivity contribution in [1.82, 2.24) is 4.90 Å². The largest absolute Gasteiger partial charge is 0.288 e. The molecule has 0 aliphatic carbocycles. The van der Waals surface area contributed by atoms with Gasteiger partial charge in [-0.1, -0.05) is 89.4 Å². The zero-order valence-electron chi connectivity index (χ0n) is 14.1. The van der Waals surface area contributed by atoms with Crippen molar-refractivity contribution in [2.24, 2.45) is 0 Å². The van der Waals surface area contributed by atoms with Gasteiger partial charge in [0.15, 0.2) is 0 Å². The lowest BCUT2D eigenvalue weighted by atomic mass is 9.88. The first-order chi connectivity index (χ1) is 12.6. The van der Waals surface area contributed by atoms with Gasteiger partial charge in [-0.15, -0.1) is 0 Å². The van der Waals surface area contributed by atoms with Gasteiger partial charge in [-0.25, -0.2) is 0 Å². The molecule has 3 aromatic rings. The number of halogens is 3. The first-order valence-electron chi connectivity index (χ1n) is 8.63. The van der Waals surface area contributed by atoms with Gasteiger partial charge >= 0.3 is 0 Å². The maximum atomic E-state index is 6.34. The van der Waals surface area contributed by atoms with Crippen molar-refractivity contribution >= 4 is 34.8 Å². The van der Waals surface area contributed by atoms with E-state index < -0.39 is 0 Å². The fourth-order valence-electron chi connectivity index (χ4n) is 3.73. The van der Waals surface area contributed by atoms with Crippen LogP contribution in [-0.2, 0) is 13.0 Å². The first-order valence-corrected chi connectivity index (χ1v) is 9.77. The minimum atomic E-state index is 0.104. The quantitative estimate of drug-likeness (QED) is 0.436. The summed E-state index contributed by atoms with van der Waals surface area (Å²) in [6, 6.07) is 23.1. The molecule has 1 unspecified atom stereocenters. The lowest BCUT2D eigenvalue weighted by molar-refractivity contribution is 0.204. The highest BCUT2D eigenvalue weighted by Crippen LogP contribution is 2.40. The molecule has 4 heteroatoms. The number of nitrogens with zero attached hydrogens (tertiary/aromatic N) is 1.